The van der Waals surface area contributed by atoms with E-state index in [1.165, 1.54) is 6.33 Å². The Balaban J connectivity index is 1.23. The molecule has 5 aromatic rings. The average Bonchev–Trinajstić information content (AvgIpc) is 3.57. The van der Waals surface area contributed by atoms with E-state index in [2.05, 4.69) is 40.9 Å². The fourth-order valence-electron chi connectivity index (χ4n) is 3.56. The summed E-state index contributed by atoms with van der Waals surface area (Å²) >= 11 is 0. The van der Waals surface area contributed by atoms with Gasteiger partial charge in [0.15, 0.2) is 17.5 Å². The zero-order valence-corrected chi connectivity index (χ0v) is 18.9. The SMILES string of the molecule is Cn1c(CNc2cccc(C(=O)NCc3cccnc3-n3cccn3)c2)nnc1-c1ccncn1. The van der Waals surface area contributed by atoms with Crippen LogP contribution in [0, 0.1) is 0 Å². The maximum absolute atomic E-state index is 12.8. The third-order valence-corrected chi connectivity index (χ3v) is 5.38. The van der Waals surface area contributed by atoms with Crippen LogP contribution >= 0.6 is 0 Å². The van der Waals surface area contributed by atoms with E-state index in [9.17, 15) is 4.79 Å². The van der Waals surface area contributed by atoms with E-state index in [-0.39, 0.29) is 5.91 Å². The molecule has 5 rings (SSSR count). The second-order valence-electron chi connectivity index (χ2n) is 7.65. The fourth-order valence-corrected chi connectivity index (χ4v) is 3.56. The summed E-state index contributed by atoms with van der Waals surface area (Å²) in [5.74, 6) is 1.88. The van der Waals surface area contributed by atoms with Crippen LogP contribution < -0.4 is 10.6 Å². The van der Waals surface area contributed by atoms with Gasteiger partial charge in [0.2, 0.25) is 0 Å². The number of benzene rings is 1. The van der Waals surface area contributed by atoms with Gasteiger partial charge in [-0.05, 0) is 36.4 Å². The van der Waals surface area contributed by atoms with Gasteiger partial charge in [-0.1, -0.05) is 12.1 Å². The molecule has 0 aliphatic carbocycles. The number of nitrogens with zero attached hydrogens (tertiary/aromatic N) is 8. The molecule has 1 amide bonds. The quantitative estimate of drug-likeness (QED) is 0.357. The molecule has 4 heterocycles. The standard InChI is InChI=1S/C24H22N10O/c1-33-21(31-32-23(33)20-8-11-25-16-29-20)15-27-19-7-2-5-17(13-19)24(35)28-14-18-6-3-9-26-22(18)34-12-4-10-30-34/h2-13,16,27H,14-15H2,1H3,(H,28,35). The lowest BCUT2D eigenvalue weighted by Gasteiger charge is -2.11. The molecule has 2 N–H and O–H groups in total. The third-order valence-electron chi connectivity index (χ3n) is 5.38. The summed E-state index contributed by atoms with van der Waals surface area (Å²) in [7, 11) is 1.88. The van der Waals surface area contributed by atoms with Gasteiger partial charge < -0.3 is 15.2 Å². The first kappa shape index (κ1) is 21.9. The molecule has 0 aliphatic heterocycles. The van der Waals surface area contributed by atoms with Crippen molar-refractivity contribution in [2.45, 2.75) is 13.1 Å². The van der Waals surface area contributed by atoms with Crippen LogP contribution in [0.25, 0.3) is 17.3 Å². The Bertz CT molecular complexity index is 1430. The highest BCUT2D eigenvalue weighted by atomic mass is 16.1. The Kier molecular flexibility index (Phi) is 6.20. The molecule has 0 bridgehead atoms. The Labute approximate surface area is 200 Å². The predicted molar refractivity (Wildman–Crippen MR) is 128 cm³/mol. The van der Waals surface area contributed by atoms with Gasteiger partial charge in [0.25, 0.3) is 5.91 Å². The molecule has 0 saturated carbocycles. The molecule has 0 atom stereocenters. The number of hydrogen-bond acceptors (Lipinski definition) is 8. The monoisotopic (exact) mass is 466 g/mol. The second kappa shape index (κ2) is 9.91. The molecule has 174 valence electrons. The van der Waals surface area contributed by atoms with Crippen molar-refractivity contribution in [1.82, 2.24) is 44.8 Å². The van der Waals surface area contributed by atoms with E-state index in [1.54, 1.807) is 41.5 Å². The largest absolute Gasteiger partial charge is 0.378 e. The van der Waals surface area contributed by atoms with Crippen LogP contribution in [0.2, 0.25) is 0 Å². The van der Waals surface area contributed by atoms with Crippen molar-refractivity contribution in [1.29, 1.82) is 0 Å². The number of carbonyl (C=O) groups excluding carboxylic acids is 1. The van der Waals surface area contributed by atoms with Crippen molar-refractivity contribution in [3.05, 3.63) is 96.6 Å². The maximum Gasteiger partial charge on any atom is 0.251 e. The molecule has 0 unspecified atom stereocenters. The van der Waals surface area contributed by atoms with Gasteiger partial charge in [0.05, 0.1) is 6.54 Å². The summed E-state index contributed by atoms with van der Waals surface area (Å²) in [6.07, 6.45) is 8.35. The summed E-state index contributed by atoms with van der Waals surface area (Å²) in [6.45, 7) is 0.757. The smallest absolute Gasteiger partial charge is 0.251 e. The third kappa shape index (κ3) is 4.88. The van der Waals surface area contributed by atoms with Crippen molar-refractivity contribution < 1.29 is 4.79 Å². The first-order valence-electron chi connectivity index (χ1n) is 10.9. The van der Waals surface area contributed by atoms with E-state index in [4.69, 9.17) is 0 Å². The number of amides is 1. The molecule has 4 aromatic heterocycles. The van der Waals surface area contributed by atoms with Crippen molar-refractivity contribution in [3.63, 3.8) is 0 Å². The Hall–Kier alpha value is -4.93. The van der Waals surface area contributed by atoms with Gasteiger partial charge in [-0.2, -0.15) is 5.10 Å². The maximum atomic E-state index is 12.8. The van der Waals surface area contributed by atoms with Gasteiger partial charge in [-0.3, -0.25) is 4.79 Å². The fraction of sp³-hybridized carbons (Fsp3) is 0.125. The molecule has 35 heavy (non-hydrogen) atoms. The highest BCUT2D eigenvalue weighted by molar-refractivity contribution is 5.95. The number of carbonyl (C=O) groups is 1. The first-order valence-corrected chi connectivity index (χ1v) is 10.9. The van der Waals surface area contributed by atoms with Gasteiger partial charge in [0.1, 0.15) is 12.0 Å². The molecule has 0 saturated heterocycles. The van der Waals surface area contributed by atoms with Gasteiger partial charge in [-0.15, -0.1) is 10.2 Å². The number of anilines is 1. The molecular formula is C24H22N10O. The Morgan fingerprint density at radius 2 is 1.91 bits per heavy atom. The van der Waals surface area contributed by atoms with E-state index in [0.29, 0.717) is 36.0 Å². The minimum Gasteiger partial charge on any atom is -0.378 e. The number of nitrogens with one attached hydrogen (secondary N) is 2. The molecule has 0 fully saturated rings. The minimum absolute atomic E-state index is 0.186. The van der Waals surface area contributed by atoms with Crippen molar-refractivity contribution in [2.75, 3.05) is 5.32 Å². The molecule has 0 aliphatic rings. The van der Waals surface area contributed by atoms with E-state index in [0.717, 1.165) is 17.1 Å². The molecule has 11 heteroatoms. The topological polar surface area (TPSA) is 128 Å². The highest BCUT2D eigenvalue weighted by Crippen LogP contribution is 2.16. The predicted octanol–water partition coefficient (Wildman–Crippen LogP) is 2.39. The van der Waals surface area contributed by atoms with Crippen LogP contribution in [0.5, 0.6) is 0 Å². The van der Waals surface area contributed by atoms with Gasteiger partial charge >= 0.3 is 0 Å². The van der Waals surface area contributed by atoms with Crippen LogP contribution in [-0.2, 0) is 20.1 Å². The zero-order chi connectivity index (χ0) is 24.0. The lowest BCUT2D eigenvalue weighted by Crippen LogP contribution is -2.24. The summed E-state index contributed by atoms with van der Waals surface area (Å²) in [4.78, 5) is 25.4. The van der Waals surface area contributed by atoms with Crippen molar-refractivity contribution in [3.8, 4) is 17.3 Å². The first-order chi connectivity index (χ1) is 17.2. The number of aromatic nitrogens is 8. The Morgan fingerprint density at radius 3 is 2.74 bits per heavy atom. The molecule has 11 nitrogen and oxygen atoms in total. The molecule has 0 spiro atoms. The van der Waals surface area contributed by atoms with Crippen LogP contribution in [0.15, 0.2) is 79.6 Å². The summed E-state index contributed by atoms with van der Waals surface area (Å²) in [5, 5.41) is 19.0. The van der Waals surface area contributed by atoms with Crippen LogP contribution in [0.3, 0.4) is 0 Å². The van der Waals surface area contributed by atoms with Gasteiger partial charge in [0, 0.05) is 55.2 Å². The number of pyridine rings is 1. The van der Waals surface area contributed by atoms with Crippen molar-refractivity contribution in [2.24, 2.45) is 7.05 Å². The van der Waals surface area contributed by atoms with Crippen LogP contribution in [0.1, 0.15) is 21.7 Å². The van der Waals surface area contributed by atoms with Gasteiger partial charge in [-0.25, -0.2) is 19.6 Å². The molecular weight excluding hydrogens is 444 g/mol. The second-order valence-corrected chi connectivity index (χ2v) is 7.65. The number of hydrogen-bond donors (Lipinski definition) is 2. The van der Waals surface area contributed by atoms with E-state index >= 15 is 0 Å². The number of rotatable bonds is 8. The normalized spacial score (nSPS) is 10.8. The zero-order valence-electron chi connectivity index (χ0n) is 18.9. The minimum atomic E-state index is -0.186. The summed E-state index contributed by atoms with van der Waals surface area (Å²) in [6, 6.07) is 14.7. The van der Waals surface area contributed by atoms with Crippen LogP contribution in [-0.4, -0.2) is 45.4 Å². The molecule has 0 radical (unpaired) electrons. The highest BCUT2D eigenvalue weighted by Gasteiger charge is 2.13. The van der Waals surface area contributed by atoms with E-state index < -0.39 is 0 Å². The molecule has 1 aromatic carbocycles. The summed E-state index contributed by atoms with van der Waals surface area (Å²) < 4.78 is 3.55. The lowest BCUT2D eigenvalue weighted by molar-refractivity contribution is 0.0951. The lowest BCUT2D eigenvalue weighted by atomic mass is 10.1. The van der Waals surface area contributed by atoms with Crippen molar-refractivity contribution >= 4 is 11.6 Å². The Morgan fingerprint density at radius 1 is 0.971 bits per heavy atom. The van der Waals surface area contributed by atoms with Crippen LogP contribution in [0.4, 0.5) is 5.69 Å². The summed E-state index contributed by atoms with van der Waals surface area (Å²) in [5.41, 5.74) is 2.90. The van der Waals surface area contributed by atoms with E-state index in [1.807, 2.05) is 48.1 Å². The average molecular weight is 467 g/mol.